The van der Waals surface area contributed by atoms with Crippen molar-refractivity contribution >= 4 is 35.0 Å². The van der Waals surface area contributed by atoms with Gasteiger partial charge in [0.1, 0.15) is 0 Å². The maximum Gasteiger partial charge on any atom is 0.224 e. The van der Waals surface area contributed by atoms with E-state index >= 15 is 0 Å². The van der Waals surface area contributed by atoms with Gasteiger partial charge in [-0.05, 0) is 31.2 Å². The second kappa shape index (κ2) is 7.94. The van der Waals surface area contributed by atoms with E-state index in [2.05, 4.69) is 11.9 Å². The Kier molecular flexibility index (Phi) is 5.87. The third-order valence-corrected chi connectivity index (χ3v) is 5.66. The van der Waals surface area contributed by atoms with Gasteiger partial charge in [0.05, 0.1) is 0 Å². The zero-order chi connectivity index (χ0) is 18.0. The van der Waals surface area contributed by atoms with Crippen LogP contribution in [0, 0.1) is 0 Å². The molecule has 1 unspecified atom stereocenters. The van der Waals surface area contributed by atoms with E-state index in [4.69, 9.17) is 23.2 Å². The summed E-state index contributed by atoms with van der Waals surface area (Å²) in [6.07, 6.45) is 1.61. The number of hydrogen-bond acceptors (Lipinski definition) is 3. The van der Waals surface area contributed by atoms with E-state index in [9.17, 15) is 9.59 Å². The quantitative estimate of drug-likeness (QED) is 0.802. The van der Waals surface area contributed by atoms with E-state index in [1.165, 1.54) is 0 Å². The maximum absolute atomic E-state index is 12.6. The standard InChI is InChI=1S/C18H23Cl2N3O2/c1-21-6-8-22(9-7-21)18(25)11-15-4-5-17(24)23(15)12-13-2-3-14(19)10-16(13)20/h2-3,10,15H,4-9,11-12H2,1H3. The van der Waals surface area contributed by atoms with Gasteiger partial charge in [0.25, 0.3) is 0 Å². The number of likely N-dealkylation sites (tertiary alicyclic amines) is 1. The number of piperazine rings is 1. The van der Waals surface area contributed by atoms with Crippen molar-refractivity contribution in [2.75, 3.05) is 33.2 Å². The third-order valence-electron chi connectivity index (χ3n) is 5.07. The van der Waals surface area contributed by atoms with Crippen molar-refractivity contribution in [1.82, 2.24) is 14.7 Å². The van der Waals surface area contributed by atoms with Crippen molar-refractivity contribution in [2.45, 2.75) is 31.8 Å². The average Bonchev–Trinajstić information content (AvgIpc) is 2.91. The first-order valence-electron chi connectivity index (χ1n) is 8.64. The number of hydrogen-bond donors (Lipinski definition) is 0. The van der Waals surface area contributed by atoms with E-state index in [0.29, 0.717) is 29.4 Å². The molecule has 0 saturated carbocycles. The van der Waals surface area contributed by atoms with Gasteiger partial charge < -0.3 is 14.7 Å². The Morgan fingerprint density at radius 2 is 1.92 bits per heavy atom. The van der Waals surface area contributed by atoms with Crippen LogP contribution in [0.25, 0.3) is 0 Å². The highest BCUT2D eigenvalue weighted by molar-refractivity contribution is 6.35. The molecule has 0 aliphatic carbocycles. The van der Waals surface area contributed by atoms with Gasteiger partial charge in [0.2, 0.25) is 11.8 Å². The molecule has 25 heavy (non-hydrogen) atoms. The van der Waals surface area contributed by atoms with Crippen molar-refractivity contribution < 1.29 is 9.59 Å². The molecule has 1 aromatic rings. The lowest BCUT2D eigenvalue weighted by Gasteiger charge is -2.34. The van der Waals surface area contributed by atoms with Gasteiger partial charge in [-0.25, -0.2) is 0 Å². The fraction of sp³-hybridized carbons (Fsp3) is 0.556. The molecule has 3 rings (SSSR count). The largest absolute Gasteiger partial charge is 0.340 e. The van der Waals surface area contributed by atoms with Gasteiger partial charge in [-0.15, -0.1) is 0 Å². The Hall–Kier alpha value is -1.30. The summed E-state index contributed by atoms with van der Waals surface area (Å²) in [4.78, 5) is 30.8. The highest BCUT2D eigenvalue weighted by atomic mass is 35.5. The molecule has 1 aromatic carbocycles. The zero-order valence-electron chi connectivity index (χ0n) is 14.4. The van der Waals surface area contributed by atoms with Crippen molar-refractivity contribution in [1.29, 1.82) is 0 Å². The monoisotopic (exact) mass is 383 g/mol. The van der Waals surface area contributed by atoms with Gasteiger partial charge >= 0.3 is 0 Å². The molecule has 0 bridgehead atoms. The Bertz CT molecular complexity index is 660. The molecule has 1 atom stereocenters. The first-order chi connectivity index (χ1) is 11.9. The Morgan fingerprint density at radius 3 is 2.60 bits per heavy atom. The van der Waals surface area contributed by atoms with E-state index in [0.717, 1.165) is 38.2 Å². The number of likely N-dealkylation sites (N-methyl/N-ethyl adjacent to an activating group) is 1. The summed E-state index contributed by atoms with van der Waals surface area (Å²) in [6, 6.07) is 5.25. The van der Waals surface area contributed by atoms with Crippen LogP contribution in [0.15, 0.2) is 18.2 Å². The van der Waals surface area contributed by atoms with Crippen LogP contribution in [-0.4, -0.2) is 65.8 Å². The van der Waals surface area contributed by atoms with Crippen LogP contribution in [0.2, 0.25) is 10.0 Å². The zero-order valence-corrected chi connectivity index (χ0v) is 15.9. The molecular formula is C18H23Cl2N3O2. The molecule has 2 fully saturated rings. The summed E-state index contributed by atoms with van der Waals surface area (Å²) in [7, 11) is 2.06. The fourth-order valence-electron chi connectivity index (χ4n) is 3.44. The number of rotatable bonds is 4. The van der Waals surface area contributed by atoms with Crippen LogP contribution in [0.3, 0.4) is 0 Å². The molecule has 0 aromatic heterocycles. The summed E-state index contributed by atoms with van der Waals surface area (Å²) in [5, 5.41) is 1.12. The second-order valence-corrected chi connectivity index (χ2v) is 7.68. The SMILES string of the molecule is CN1CCN(C(=O)CC2CCC(=O)N2Cc2ccc(Cl)cc2Cl)CC1. The smallest absolute Gasteiger partial charge is 0.224 e. The number of carbonyl (C=O) groups excluding carboxylic acids is 2. The van der Waals surface area contributed by atoms with E-state index in [1.807, 2.05) is 11.0 Å². The molecule has 136 valence electrons. The average molecular weight is 384 g/mol. The summed E-state index contributed by atoms with van der Waals surface area (Å²) >= 11 is 12.2. The Labute approximate surface area is 158 Å². The van der Waals surface area contributed by atoms with Crippen molar-refractivity contribution in [3.8, 4) is 0 Å². The molecule has 7 heteroatoms. The number of halogens is 2. The molecule has 0 spiro atoms. The molecule has 5 nitrogen and oxygen atoms in total. The van der Waals surface area contributed by atoms with Crippen LogP contribution in [0.5, 0.6) is 0 Å². The van der Waals surface area contributed by atoms with Gasteiger partial charge in [-0.2, -0.15) is 0 Å². The Morgan fingerprint density at radius 1 is 1.20 bits per heavy atom. The molecule has 2 aliphatic heterocycles. The summed E-state index contributed by atoms with van der Waals surface area (Å²) in [5.74, 6) is 0.224. The minimum Gasteiger partial charge on any atom is -0.340 e. The van der Waals surface area contributed by atoms with Gasteiger partial charge in [0.15, 0.2) is 0 Å². The van der Waals surface area contributed by atoms with Gasteiger partial charge in [0, 0.05) is 61.7 Å². The minimum atomic E-state index is -0.0496. The molecule has 2 amide bonds. The van der Waals surface area contributed by atoms with Crippen molar-refractivity contribution in [3.63, 3.8) is 0 Å². The normalized spacial score (nSPS) is 21.9. The summed E-state index contributed by atoms with van der Waals surface area (Å²) in [6.45, 7) is 3.76. The topological polar surface area (TPSA) is 43.9 Å². The predicted octanol–water partition coefficient (Wildman–Crippen LogP) is 2.65. The lowest BCUT2D eigenvalue weighted by molar-refractivity contribution is -0.135. The number of amides is 2. The second-order valence-electron chi connectivity index (χ2n) is 6.84. The van der Waals surface area contributed by atoms with Crippen LogP contribution in [0.4, 0.5) is 0 Å². The molecule has 2 saturated heterocycles. The summed E-state index contributed by atoms with van der Waals surface area (Å²) in [5.41, 5.74) is 0.860. The molecular weight excluding hydrogens is 361 g/mol. The van der Waals surface area contributed by atoms with Gasteiger partial charge in [-0.3, -0.25) is 9.59 Å². The van der Waals surface area contributed by atoms with Crippen LogP contribution < -0.4 is 0 Å². The molecule has 2 aliphatic rings. The molecule has 0 N–H and O–H groups in total. The van der Waals surface area contributed by atoms with Gasteiger partial charge in [-0.1, -0.05) is 29.3 Å². The predicted molar refractivity (Wildman–Crippen MR) is 98.7 cm³/mol. The minimum absolute atomic E-state index is 0.0496. The lowest BCUT2D eigenvalue weighted by Crippen LogP contribution is -2.48. The third kappa shape index (κ3) is 4.46. The van der Waals surface area contributed by atoms with E-state index in [-0.39, 0.29) is 17.9 Å². The van der Waals surface area contributed by atoms with Crippen LogP contribution in [0.1, 0.15) is 24.8 Å². The van der Waals surface area contributed by atoms with E-state index < -0.39 is 0 Å². The highest BCUT2D eigenvalue weighted by Crippen LogP contribution is 2.28. The van der Waals surface area contributed by atoms with E-state index in [1.54, 1.807) is 17.0 Å². The van der Waals surface area contributed by atoms with Crippen molar-refractivity contribution in [2.24, 2.45) is 0 Å². The number of nitrogens with zero attached hydrogens (tertiary/aromatic N) is 3. The number of carbonyl (C=O) groups is 2. The maximum atomic E-state index is 12.6. The van der Waals surface area contributed by atoms with Crippen LogP contribution in [-0.2, 0) is 16.1 Å². The first-order valence-corrected chi connectivity index (χ1v) is 9.39. The molecule has 2 heterocycles. The lowest BCUT2D eigenvalue weighted by atomic mass is 10.1. The highest BCUT2D eigenvalue weighted by Gasteiger charge is 2.34. The molecule has 0 radical (unpaired) electrons. The number of benzene rings is 1. The Balaban J connectivity index is 1.64. The van der Waals surface area contributed by atoms with Crippen molar-refractivity contribution in [3.05, 3.63) is 33.8 Å². The van der Waals surface area contributed by atoms with Crippen LogP contribution >= 0.6 is 23.2 Å². The summed E-state index contributed by atoms with van der Waals surface area (Å²) < 4.78 is 0. The fourth-order valence-corrected chi connectivity index (χ4v) is 3.91. The first kappa shape index (κ1) is 18.5.